The van der Waals surface area contributed by atoms with Crippen LogP contribution in [0.3, 0.4) is 0 Å². The van der Waals surface area contributed by atoms with E-state index in [0.717, 1.165) is 28.5 Å². The maximum absolute atomic E-state index is 13.5. The first kappa shape index (κ1) is 26.6. The molecule has 0 aromatic heterocycles. The third kappa shape index (κ3) is 6.99. The number of nitrogens with one attached hydrogen (secondary N) is 1. The van der Waals surface area contributed by atoms with Crippen LogP contribution in [0.4, 0.5) is 5.69 Å². The standard InChI is InChI=1S/C27H31ClN2O4S/c1-3-19-34-26-17-8-7-11-22(26)12-10-18-29-27(31)20-30(25-16-9-15-24(28)21(25)2)35(32,33)23-13-5-4-6-14-23/h4-9,11,13-17H,3,10,12,18-20H2,1-2H3,(H,29,31). The van der Waals surface area contributed by atoms with E-state index in [9.17, 15) is 13.2 Å². The van der Waals surface area contributed by atoms with Crippen LogP contribution >= 0.6 is 11.6 Å². The first-order valence-corrected chi connectivity index (χ1v) is 13.5. The molecule has 3 rings (SSSR count). The van der Waals surface area contributed by atoms with E-state index in [2.05, 4.69) is 12.2 Å². The van der Waals surface area contributed by atoms with Gasteiger partial charge in [-0.3, -0.25) is 9.10 Å². The van der Waals surface area contributed by atoms with Crippen molar-refractivity contribution in [3.05, 3.63) is 88.9 Å². The van der Waals surface area contributed by atoms with E-state index in [4.69, 9.17) is 16.3 Å². The summed E-state index contributed by atoms with van der Waals surface area (Å²) in [5.41, 5.74) is 2.04. The van der Waals surface area contributed by atoms with E-state index in [1.807, 2.05) is 24.3 Å². The summed E-state index contributed by atoms with van der Waals surface area (Å²) in [6.07, 6.45) is 2.36. The smallest absolute Gasteiger partial charge is 0.264 e. The lowest BCUT2D eigenvalue weighted by molar-refractivity contribution is -0.119. The van der Waals surface area contributed by atoms with E-state index in [1.54, 1.807) is 43.3 Å². The number of benzene rings is 3. The number of para-hydroxylation sites is 1. The van der Waals surface area contributed by atoms with Gasteiger partial charge in [-0.25, -0.2) is 8.42 Å². The highest BCUT2D eigenvalue weighted by Gasteiger charge is 2.28. The normalized spacial score (nSPS) is 11.2. The molecule has 0 saturated heterocycles. The predicted molar refractivity (Wildman–Crippen MR) is 141 cm³/mol. The van der Waals surface area contributed by atoms with Crippen LogP contribution in [-0.4, -0.2) is 34.0 Å². The Morgan fingerprint density at radius 1 is 1.00 bits per heavy atom. The maximum atomic E-state index is 13.5. The second-order valence-corrected chi connectivity index (χ2v) is 10.4. The Bertz CT molecular complexity index is 1230. The highest BCUT2D eigenvalue weighted by Crippen LogP contribution is 2.30. The molecule has 0 aliphatic rings. The molecular formula is C27H31ClN2O4S. The number of hydrogen-bond acceptors (Lipinski definition) is 4. The minimum absolute atomic E-state index is 0.107. The van der Waals surface area contributed by atoms with Gasteiger partial charge in [-0.1, -0.05) is 61.0 Å². The third-order valence-corrected chi connectivity index (χ3v) is 7.69. The van der Waals surface area contributed by atoms with Crippen LogP contribution in [0.1, 0.15) is 30.9 Å². The summed E-state index contributed by atoms with van der Waals surface area (Å²) in [5.74, 6) is 0.469. The van der Waals surface area contributed by atoms with Crippen LogP contribution < -0.4 is 14.4 Å². The molecule has 0 aliphatic carbocycles. The fourth-order valence-electron chi connectivity index (χ4n) is 3.64. The molecule has 0 heterocycles. The summed E-state index contributed by atoms with van der Waals surface area (Å²) in [5, 5.41) is 3.29. The zero-order chi connectivity index (χ0) is 25.3. The number of carbonyl (C=O) groups is 1. The molecule has 0 aliphatic heterocycles. The van der Waals surface area contributed by atoms with Crippen molar-refractivity contribution in [1.82, 2.24) is 5.32 Å². The SMILES string of the molecule is CCCOc1ccccc1CCCNC(=O)CN(c1cccc(Cl)c1C)S(=O)(=O)c1ccccc1. The molecule has 35 heavy (non-hydrogen) atoms. The molecular weight excluding hydrogens is 484 g/mol. The van der Waals surface area contributed by atoms with Gasteiger partial charge >= 0.3 is 0 Å². The zero-order valence-corrected chi connectivity index (χ0v) is 21.6. The first-order chi connectivity index (χ1) is 16.8. The van der Waals surface area contributed by atoms with E-state index in [1.165, 1.54) is 12.1 Å². The number of rotatable bonds is 12. The number of carbonyl (C=O) groups excluding carboxylic acids is 1. The van der Waals surface area contributed by atoms with Gasteiger partial charge in [-0.2, -0.15) is 0 Å². The topological polar surface area (TPSA) is 75.7 Å². The molecule has 3 aromatic carbocycles. The van der Waals surface area contributed by atoms with E-state index >= 15 is 0 Å². The summed E-state index contributed by atoms with van der Waals surface area (Å²) in [6, 6.07) is 21.0. The maximum Gasteiger partial charge on any atom is 0.264 e. The van der Waals surface area contributed by atoms with Gasteiger partial charge in [0, 0.05) is 11.6 Å². The van der Waals surface area contributed by atoms with Gasteiger partial charge in [0.1, 0.15) is 12.3 Å². The van der Waals surface area contributed by atoms with E-state index in [0.29, 0.717) is 35.8 Å². The molecule has 0 spiro atoms. The fraction of sp³-hybridized carbons (Fsp3) is 0.296. The molecule has 0 unspecified atom stereocenters. The number of nitrogens with zero attached hydrogens (tertiary/aromatic N) is 1. The van der Waals surface area contributed by atoms with Gasteiger partial charge in [0.15, 0.2) is 0 Å². The Morgan fingerprint density at radius 3 is 2.46 bits per heavy atom. The Kier molecular flexibility index (Phi) is 9.57. The first-order valence-electron chi connectivity index (χ1n) is 11.6. The minimum Gasteiger partial charge on any atom is -0.493 e. The second kappa shape index (κ2) is 12.6. The molecule has 186 valence electrons. The van der Waals surface area contributed by atoms with Crippen molar-refractivity contribution in [2.75, 3.05) is 24.0 Å². The average Bonchev–Trinajstić information content (AvgIpc) is 2.87. The largest absolute Gasteiger partial charge is 0.493 e. The van der Waals surface area contributed by atoms with Crippen LogP contribution in [0.15, 0.2) is 77.7 Å². The molecule has 0 bridgehead atoms. The van der Waals surface area contributed by atoms with Gasteiger partial charge in [-0.05, 0) is 67.6 Å². The van der Waals surface area contributed by atoms with Crippen molar-refractivity contribution in [3.63, 3.8) is 0 Å². The lowest BCUT2D eigenvalue weighted by atomic mass is 10.1. The van der Waals surface area contributed by atoms with Crippen molar-refractivity contribution in [3.8, 4) is 5.75 Å². The quantitative estimate of drug-likeness (QED) is 0.329. The second-order valence-electron chi connectivity index (χ2n) is 8.12. The van der Waals surface area contributed by atoms with Crippen molar-refractivity contribution >= 4 is 33.2 Å². The molecule has 0 atom stereocenters. The fourth-order valence-corrected chi connectivity index (χ4v) is 5.31. The van der Waals surface area contributed by atoms with E-state index in [-0.39, 0.29) is 17.3 Å². The summed E-state index contributed by atoms with van der Waals surface area (Å²) in [4.78, 5) is 13.0. The minimum atomic E-state index is -3.98. The van der Waals surface area contributed by atoms with Crippen molar-refractivity contribution in [2.24, 2.45) is 0 Å². The number of anilines is 1. The molecule has 8 heteroatoms. The highest BCUT2D eigenvalue weighted by molar-refractivity contribution is 7.92. The van der Waals surface area contributed by atoms with Gasteiger partial charge in [0.05, 0.1) is 17.2 Å². The summed E-state index contributed by atoms with van der Waals surface area (Å²) in [7, 11) is -3.98. The van der Waals surface area contributed by atoms with Crippen LogP contribution in [0.25, 0.3) is 0 Å². The van der Waals surface area contributed by atoms with E-state index < -0.39 is 10.0 Å². The van der Waals surface area contributed by atoms with Crippen molar-refractivity contribution in [2.45, 2.75) is 38.0 Å². The lowest BCUT2D eigenvalue weighted by Gasteiger charge is -2.26. The summed E-state index contributed by atoms with van der Waals surface area (Å²) in [6.45, 7) is 4.51. The highest BCUT2D eigenvalue weighted by atomic mass is 35.5. The lowest BCUT2D eigenvalue weighted by Crippen LogP contribution is -2.41. The Labute approximate surface area is 212 Å². The molecule has 3 aromatic rings. The number of ether oxygens (including phenoxy) is 1. The molecule has 0 fully saturated rings. The molecule has 1 amide bonds. The van der Waals surface area contributed by atoms with Gasteiger partial charge < -0.3 is 10.1 Å². The summed E-state index contributed by atoms with van der Waals surface area (Å²) < 4.78 is 33.8. The number of halogens is 1. The van der Waals surface area contributed by atoms with Crippen LogP contribution in [0.5, 0.6) is 5.75 Å². The number of aryl methyl sites for hydroxylation is 1. The molecule has 6 nitrogen and oxygen atoms in total. The number of hydrogen-bond donors (Lipinski definition) is 1. The van der Waals surface area contributed by atoms with Crippen LogP contribution in [-0.2, 0) is 21.2 Å². The van der Waals surface area contributed by atoms with Crippen molar-refractivity contribution < 1.29 is 17.9 Å². The Balaban J connectivity index is 1.70. The predicted octanol–water partition coefficient (Wildman–Crippen LogP) is 5.38. The third-order valence-electron chi connectivity index (χ3n) is 5.51. The molecule has 0 saturated carbocycles. The number of sulfonamides is 1. The molecule has 1 N–H and O–H groups in total. The van der Waals surface area contributed by atoms with Crippen molar-refractivity contribution in [1.29, 1.82) is 0 Å². The molecule has 0 radical (unpaired) electrons. The average molecular weight is 515 g/mol. The monoisotopic (exact) mass is 514 g/mol. The summed E-state index contributed by atoms with van der Waals surface area (Å²) >= 11 is 6.26. The Hall–Kier alpha value is -3.03. The van der Waals surface area contributed by atoms with Crippen LogP contribution in [0.2, 0.25) is 5.02 Å². The van der Waals surface area contributed by atoms with Crippen LogP contribution in [0, 0.1) is 6.92 Å². The van der Waals surface area contributed by atoms with Gasteiger partial charge in [-0.15, -0.1) is 0 Å². The zero-order valence-electron chi connectivity index (χ0n) is 20.0. The Morgan fingerprint density at radius 2 is 1.71 bits per heavy atom. The van der Waals surface area contributed by atoms with Gasteiger partial charge in [0.2, 0.25) is 5.91 Å². The number of amides is 1. The van der Waals surface area contributed by atoms with Gasteiger partial charge in [0.25, 0.3) is 10.0 Å².